The van der Waals surface area contributed by atoms with Crippen LogP contribution in [0, 0.1) is 0 Å². The van der Waals surface area contributed by atoms with E-state index < -0.39 is 105 Å². The van der Waals surface area contributed by atoms with E-state index in [1.54, 1.807) is 0 Å². The van der Waals surface area contributed by atoms with E-state index in [1.165, 1.54) is 0 Å². The number of carbonyl (C=O) groups is 1. The van der Waals surface area contributed by atoms with Gasteiger partial charge in [-0.15, -0.1) is 0 Å². The van der Waals surface area contributed by atoms with Gasteiger partial charge >= 0.3 is 0 Å². The molecule has 15 nitrogen and oxygen atoms in total. The number of aliphatic hydroxyl groups is 11. The Balaban J connectivity index is 2.16. The molecule has 11 N–H and O–H groups in total. The monoisotopic (exact) mass is 474 g/mol. The van der Waals surface area contributed by atoms with Crippen LogP contribution in [0.25, 0.3) is 0 Å². The molecule has 2 aliphatic heterocycles. The summed E-state index contributed by atoms with van der Waals surface area (Å²) in [6.45, 7) is -2.67. The molecule has 1 unspecified atom stereocenters. The first-order chi connectivity index (χ1) is 15.0. The molecule has 0 amide bonds. The third kappa shape index (κ3) is 5.43. The van der Waals surface area contributed by atoms with E-state index in [-0.39, 0.29) is 0 Å². The van der Waals surface area contributed by atoms with Gasteiger partial charge in [0.15, 0.2) is 12.1 Å². The minimum absolute atomic E-state index is 0.767. The molecule has 0 saturated carbocycles. The summed E-state index contributed by atoms with van der Waals surface area (Å²) >= 11 is 0. The van der Waals surface area contributed by atoms with Gasteiger partial charge in [0.25, 0.3) is 0 Å². The lowest BCUT2D eigenvalue weighted by atomic mass is 9.89. The fourth-order valence-electron chi connectivity index (χ4n) is 3.48. The van der Waals surface area contributed by atoms with Crippen LogP contribution in [0.2, 0.25) is 0 Å². The summed E-state index contributed by atoms with van der Waals surface area (Å²) in [5, 5.41) is 107. The molecule has 32 heavy (non-hydrogen) atoms. The smallest absolute Gasteiger partial charge is 0.195 e. The normalized spacial score (nSPS) is 43.5. The summed E-state index contributed by atoms with van der Waals surface area (Å²) in [5.74, 6) is -1.37. The Bertz CT molecular complexity index is 602. The van der Waals surface area contributed by atoms with E-state index in [0.29, 0.717) is 0 Å². The van der Waals surface area contributed by atoms with Crippen molar-refractivity contribution in [3.05, 3.63) is 0 Å². The Labute approximate surface area is 181 Å². The molecule has 2 saturated heterocycles. The van der Waals surface area contributed by atoms with Gasteiger partial charge in [0, 0.05) is 0 Å². The maximum atomic E-state index is 12.4. The molecular weight excluding hydrogens is 444 g/mol. The minimum Gasteiger partial charge on any atom is -0.394 e. The van der Waals surface area contributed by atoms with E-state index in [2.05, 4.69) is 0 Å². The fraction of sp³-hybridized carbons (Fsp3) is 0.941. The molecule has 0 aromatic heterocycles. The van der Waals surface area contributed by atoms with Crippen LogP contribution in [0.15, 0.2) is 0 Å². The Kier molecular flexibility index (Phi) is 9.83. The molecule has 15 heteroatoms. The summed E-state index contributed by atoms with van der Waals surface area (Å²) in [4.78, 5) is 12.4. The van der Waals surface area contributed by atoms with Gasteiger partial charge in [-0.2, -0.15) is 0 Å². The zero-order valence-corrected chi connectivity index (χ0v) is 16.7. The highest BCUT2D eigenvalue weighted by Crippen LogP contribution is 2.30. The highest BCUT2D eigenvalue weighted by atomic mass is 16.7. The van der Waals surface area contributed by atoms with Crippen LogP contribution in [-0.2, 0) is 19.0 Å². The first-order valence-corrected chi connectivity index (χ1v) is 9.77. The van der Waals surface area contributed by atoms with Crippen molar-refractivity contribution in [2.75, 3.05) is 19.8 Å². The van der Waals surface area contributed by atoms with Crippen LogP contribution in [0.3, 0.4) is 0 Å². The molecule has 0 radical (unpaired) electrons. The first-order valence-electron chi connectivity index (χ1n) is 9.77. The summed E-state index contributed by atoms with van der Waals surface area (Å²) in [6, 6.07) is 0. The number of hydrogen-bond acceptors (Lipinski definition) is 15. The Morgan fingerprint density at radius 2 is 1.38 bits per heavy atom. The molecule has 0 spiro atoms. The number of ketones is 1. The number of hydrogen-bond donors (Lipinski definition) is 11. The van der Waals surface area contributed by atoms with Gasteiger partial charge < -0.3 is 70.4 Å². The zero-order valence-electron chi connectivity index (χ0n) is 16.7. The van der Waals surface area contributed by atoms with Crippen molar-refractivity contribution in [2.24, 2.45) is 0 Å². The molecule has 0 aromatic carbocycles. The van der Waals surface area contributed by atoms with Crippen LogP contribution in [0.5, 0.6) is 0 Å². The predicted molar refractivity (Wildman–Crippen MR) is 96.5 cm³/mol. The van der Waals surface area contributed by atoms with E-state index in [0.717, 1.165) is 0 Å². The SMILES string of the molecule is O=C(C1O[C@H](CO)[C@@H](O[C@@H]2O[C@H](CO)[C@H](O)[C@H](O)[C@H]2O)[C@H](O)[C@H]1O)[C@H](O)[C@H](O)[C@H](O)CO. The van der Waals surface area contributed by atoms with E-state index in [9.17, 15) is 55.9 Å². The van der Waals surface area contributed by atoms with Crippen molar-refractivity contribution in [1.82, 2.24) is 0 Å². The first kappa shape index (κ1) is 27.4. The Morgan fingerprint density at radius 3 is 1.91 bits per heavy atom. The Hall–Kier alpha value is -0.890. The minimum atomic E-state index is -2.33. The Morgan fingerprint density at radius 1 is 0.781 bits per heavy atom. The molecule has 0 bridgehead atoms. The summed E-state index contributed by atoms with van der Waals surface area (Å²) in [7, 11) is 0. The lowest BCUT2D eigenvalue weighted by Crippen LogP contribution is -2.66. The number of aliphatic hydroxyl groups excluding tert-OH is 11. The zero-order chi connectivity index (χ0) is 24.3. The average molecular weight is 474 g/mol. The predicted octanol–water partition coefficient (Wildman–Crippen LogP) is -7.70. The van der Waals surface area contributed by atoms with Crippen molar-refractivity contribution in [3.8, 4) is 0 Å². The summed E-state index contributed by atoms with van der Waals surface area (Å²) < 4.78 is 15.7. The highest BCUT2D eigenvalue weighted by molar-refractivity contribution is 5.88. The van der Waals surface area contributed by atoms with Gasteiger partial charge in [0.05, 0.1) is 19.8 Å². The topological polar surface area (TPSA) is 267 Å². The lowest BCUT2D eigenvalue weighted by Gasteiger charge is -2.46. The van der Waals surface area contributed by atoms with E-state index >= 15 is 0 Å². The summed E-state index contributed by atoms with van der Waals surface area (Å²) in [6.07, 6.45) is -24.1. The number of carbonyl (C=O) groups excluding carboxylic acids is 1. The van der Waals surface area contributed by atoms with Gasteiger partial charge in [0.2, 0.25) is 0 Å². The maximum absolute atomic E-state index is 12.4. The van der Waals surface area contributed by atoms with Crippen molar-refractivity contribution in [1.29, 1.82) is 0 Å². The molecular formula is C17H30O15. The largest absolute Gasteiger partial charge is 0.394 e. The van der Waals surface area contributed by atoms with Crippen LogP contribution in [-0.4, -0.2) is 161 Å². The van der Waals surface area contributed by atoms with Crippen LogP contribution < -0.4 is 0 Å². The molecule has 0 aliphatic carbocycles. The molecule has 0 aromatic rings. The molecule has 2 heterocycles. The van der Waals surface area contributed by atoms with Gasteiger partial charge in [0.1, 0.15) is 73.2 Å². The maximum Gasteiger partial charge on any atom is 0.195 e. The van der Waals surface area contributed by atoms with Gasteiger partial charge in [-0.05, 0) is 0 Å². The second kappa shape index (κ2) is 11.5. The fourth-order valence-corrected chi connectivity index (χ4v) is 3.48. The second-order valence-electron chi connectivity index (χ2n) is 7.64. The van der Waals surface area contributed by atoms with Crippen LogP contribution >= 0.6 is 0 Å². The number of ether oxygens (including phenoxy) is 3. The van der Waals surface area contributed by atoms with E-state index in [1.807, 2.05) is 0 Å². The van der Waals surface area contributed by atoms with Crippen molar-refractivity contribution in [3.63, 3.8) is 0 Å². The number of rotatable bonds is 9. The molecule has 188 valence electrons. The van der Waals surface area contributed by atoms with Crippen molar-refractivity contribution < 1.29 is 75.2 Å². The van der Waals surface area contributed by atoms with Crippen molar-refractivity contribution >= 4 is 5.78 Å². The molecule has 2 fully saturated rings. The standard InChI is InChI=1S/C17H30O15/c18-1-4(21)7(22)9(24)11(26)16-13(28)12(27)15(6(3-20)30-16)32-17-14(29)10(25)8(23)5(2-19)31-17/h4-10,12-25,27-29H,1-3H2/t4-,5-,6-,7-,8+,9-,10+,12-,13-,14-,15-,16?,17+/m1/s1. The molecule has 2 aliphatic rings. The quantitative estimate of drug-likeness (QED) is 0.148. The van der Waals surface area contributed by atoms with Crippen LogP contribution in [0.1, 0.15) is 0 Å². The van der Waals surface area contributed by atoms with Crippen molar-refractivity contribution in [2.45, 2.75) is 79.5 Å². The van der Waals surface area contributed by atoms with Gasteiger partial charge in [-0.1, -0.05) is 0 Å². The molecule has 13 atom stereocenters. The second-order valence-corrected chi connectivity index (χ2v) is 7.64. The third-order valence-corrected chi connectivity index (χ3v) is 5.48. The molecule has 2 rings (SSSR count). The average Bonchev–Trinajstić information content (AvgIpc) is 2.80. The third-order valence-electron chi connectivity index (χ3n) is 5.48. The van der Waals surface area contributed by atoms with Crippen LogP contribution in [0.4, 0.5) is 0 Å². The lowest BCUT2D eigenvalue weighted by molar-refractivity contribution is -0.340. The summed E-state index contributed by atoms with van der Waals surface area (Å²) in [5.41, 5.74) is 0. The highest BCUT2D eigenvalue weighted by Gasteiger charge is 2.53. The van der Waals surface area contributed by atoms with Gasteiger partial charge in [-0.3, -0.25) is 4.79 Å². The van der Waals surface area contributed by atoms with E-state index in [4.69, 9.17) is 19.3 Å². The van der Waals surface area contributed by atoms with Gasteiger partial charge in [-0.25, -0.2) is 0 Å². The number of Topliss-reactive ketones (excluding diaryl/α,β-unsaturated/α-hetero) is 1.